The van der Waals surface area contributed by atoms with Gasteiger partial charge in [-0.15, -0.1) is 0 Å². The van der Waals surface area contributed by atoms with E-state index in [1.807, 2.05) is 7.11 Å². The van der Waals surface area contributed by atoms with E-state index < -0.39 is 24.3 Å². The van der Waals surface area contributed by atoms with Gasteiger partial charge in [0.2, 0.25) is 0 Å². The second-order valence-corrected chi connectivity index (χ2v) is 8.71. The Morgan fingerprint density at radius 3 is 1.94 bits per heavy atom. The quantitative estimate of drug-likeness (QED) is 0.541. The van der Waals surface area contributed by atoms with Crippen molar-refractivity contribution in [3.8, 4) is 0 Å². The highest BCUT2D eigenvalue weighted by Gasteiger charge is 2.49. The Hall–Kier alpha value is -2.38. The first kappa shape index (κ1) is 31.6. The minimum absolute atomic E-state index is 0.475. The highest BCUT2D eigenvalue weighted by atomic mass is 19.4. The molecule has 2 fully saturated rings. The Kier molecular flexibility index (Phi) is 12.1. The van der Waals surface area contributed by atoms with Crippen molar-refractivity contribution in [2.75, 3.05) is 53.0 Å². The molecule has 2 N–H and O–H groups in total. The van der Waals surface area contributed by atoms with Crippen molar-refractivity contribution in [2.24, 2.45) is 11.3 Å². The molecule has 0 bridgehead atoms. The summed E-state index contributed by atoms with van der Waals surface area (Å²) in [6.07, 6.45) is -7.66. The number of benzene rings is 1. The zero-order valence-electron chi connectivity index (χ0n) is 20.1. The Bertz CT molecular complexity index is 797. The summed E-state index contributed by atoms with van der Waals surface area (Å²) in [5.74, 6) is -4.81. The molecule has 0 unspecified atom stereocenters. The van der Waals surface area contributed by atoms with Gasteiger partial charge in [-0.25, -0.2) is 9.59 Å². The third-order valence-corrected chi connectivity index (χ3v) is 6.21. The summed E-state index contributed by atoms with van der Waals surface area (Å²) in [4.78, 5) is 23.1. The average Bonchev–Trinajstić information content (AvgIpc) is 3.36. The largest absolute Gasteiger partial charge is 0.490 e. The number of alkyl halides is 6. The van der Waals surface area contributed by atoms with Crippen LogP contribution in [0.25, 0.3) is 0 Å². The number of carbonyl (C=O) groups is 2. The molecule has 2 aliphatic heterocycles. The molecule has 206 valence electrons. The highest BCUT2D eigenvalue weighted by Crippen LogP contribution is 2.43. The van der Waals surface area contributed by atoms with E-state index in [4.69, 9.17) is 24.5 Å². The number of nitrogens with zero attached hydrogens (tertiary/aromatic N) is 2. The SMILES string of the molecule is CCN1C[C@H](COC)[C@]2(CCN(CCc3ccccc3)C2)C1.O=C(O)C(F)(F)F.O=C(O)C(F)(F)F. The number of methoxy groups -OCH3 is 1. The van der Waals surface area contributed by atoms with E-state index in [-0.39, 0.29) is 0 Å². The van der Waals surface area contributed by atoms with Crippen LogP contribution in [-0.2, 0) is 20.7 Å². The Balaban J connectivity index is 0.000000383. The third-order valence-electron chi connectivity index (χ3n) is 6.21. The van der Waals surface area contributed by atoms with Crippen LogP contribution in [-0.4, -0.2) is 97.3 Å². The minimum atomic E-state index is -5.08. The van der Waals surface area contributed by atoms with Crippen LogP contribution in [0.3, 0.4) is 0 Å². The summed E-state index contributed by atoms with van der Waals surface area (Å²) in [6.45, 7) is 10.6. The molecular formula is C23H32F6N2O5. The van der Waals surface area contributed by atoms with E-state index in [1.54, 1.807) is 0 Å². The molecule has 2 atom stereocenters. The van der Waals surface area contributed by atoms with Gasteiger partial charge in [0.05, 0.1) is 6.61 Å². The van der Waals surface area contributed by atoms with Gasteiger partial charge in [0.25, 0.3) is 0 Å². The van der Waals surface area contributed by atoms with Crippen LogP contribution in [0, 0.1) is 11.3 Å². The zero-order valence-corrected chi connectivity index (χ0v) is 20.1. The van der Waals surface area contributed by atoms with E-state index in [1.165, 1.54) is 57.7 Å². The second kappa shape index (κ2) is 13.8. The van der Waals surface area contributed by atoms with Crippen molar-refractivity contribution in [3.63, 3.8) is 0 Å². The van der Waals surface area contributed by atoms with Crippen LogP contribution in [0.2, 0.25) is 0 Å². The van der Waals surface area contributed by atoms with Crippen LogP contribution < -0.4 is 0 Å². The summed E-state index contributed by atoms with van der Waals surface area (Å²) >= 11 is 0. The van der Waals surface area contributed by atoms with E-state index >= 15 is 0 Å². The van der Waals surface area contributed by atoms with E-state index in [0.717, 1.165) is 6.61 Å². The smallest absolute Gasteiger partial charge is 0.475 e. The lowest BCUT2D eigenvalue weighted by Crippen LogP contribution is -2.36. The standard InChI is InChI=1S/C19H30N2O.2C2HF3O2/c1-3-20-13-18(14-22-2)19(15-20)10-12-21(16-19)11-9-17-7-5-4-6-8-17;2*3-2(4,5)1(6)7/h4-8,18H,3,9-16H2,1-2H3;2*(H,6,7)/t18-,19-;;/m1../s1. The molecule has 0 aromatic heterocycles. The van der Waals surface area contributed by atoms with Crippen LogP contribution in [0.15, 0.2) is 30.3 Å². The summed E-state index contributed by atoms with van der Waals surface area (Å²) in [6, 6.07) is 10.9. The summed E-state index contributed by atoms with van der Waals surface area (Å²) in [5.41, 5.74) is 1.93. The number of ether oxygens (including phenoxy) is 1. The van der Waals surface area contributed by atoms with Crippen molar-refractivity contribution in [1.82, 2.24) is 9.80 Å². The highest BCUT2D eigenvalue weighted by molar-refractivity contribution is 5.73. The Labute approximate surface area is 205 Å². The van der Waals surface area contributed by atoms with Gasteiger partial charge >= 0.3 is 24.3 Å². The number of halogens is 6. The molecule has 0 saturated carbocycles. The van der Waals surface area contributed by atoms with Gasteiger partial charge < -0.3 is 24.7 Å². The first-order valence-corrected chi connectivity index (χ1v) is 11.2. The van der Waals surface area contributed by atoms with Gasteiger partial charge in [-0.3, -0.25) is 0 Å². The predicted molar refractivity (Wildman–Crippen MR) is 118 cm³/mol. The number of carboxylic acid groups (broad SMARTS) is 2. The second-order valence-electron chi connectivity index (χ2n) is 8.71. The number of carboxylic acids is 2. The van der Waals surface area contributed by atoms with Crippen LogP contribution >= 0.6 is 0 Å². The molecule has 1 spiro atoms. The van der Waals surface area contributed by atoms with Gasteiger partial charge in [-0.2, -0.15) is 26.3 Å². The molecule has 1 aromatic carbocycles. The maximum atomic E-state index is 10.6. The molecule has 0 aliphatic carbocycles. The molecular weight excluding hydrogens is 498 g/mol. The van der Waals surface area contributed by atoms with Gasteiger partial charge in [0, 0.05) is 44.6 Å². The van der Waals surface area contributed by atoms with E-state index in [9.17, 15) is 26.3 Å². The average molecular weight is 531 g/mol. The topological polar surface area (TPSA) is 90.3 Å². The number of hydrogen-bond donors (Lipinski definition) is 2. The summed E-state index contributed by atoms with van der Waals surface area (Å²) in [7, 11) is 1.85. The molecule has 2 heterocycles. The maximum Gasteiger partial charge on any atom is 0.490 e. The molecule has 36 heavy (non-hydrogen) atoms. The zero-order chi connectivity index (χ0) is 27.6. The fourth-order valence-corrected chi connectivity index (χ4v) is 4.39. The number of aliphatic carboxylic acids is 2. The summed E-state index contributed by atoms with van der Waals surface area (Å²) < 4.78 is 69.0. The van der Waals surface area contributed by atoms with Crippen LogP contribution in [0.4, 0.5) is 26.3 Å². The Morgan fingerprint density at radius 1 is 1.00 bits per heavy atom. The fraction of sp³-hybridized carbons (Fsp3) is 0.652. The van der Waals surface area contributed by atoms with Crippen molar-refractivity contribution >= 4 is 11.9 Å². The maximum absolute atomic E-state index is 10.6. The molecule has 1 aromatic rings. The first-order chi connectivity index (χ1) is 16.6. The molecule has 0 amide bonds. The third kappa shape index (κ3) is 10.3. The molecule has 0 radical (unpaired) electrons. The van der Waals surface area contributed by atoms with E-state index in [2.05, 4.69) is 47.1 Å². The van der Waals surface area contributed by atoms with Gasteiger partial charge in [-0.05, 0) is 31.5 Å². The van der Waals surface area contributed by atoms with Crippen molar-refractivity contribution in [2.45, 2.75) is 32.1 Å². The molecule has 3 rings (SSSR count). The monoisotopic (exact) mass is 530 g/mol. The molecule has 2 saturated heterocycles. The first-order valence-electron chi connectivity index (χ1n) is 11.2. The summed E-state index contributed by atoms with van der Waals surface area (Å²) in [5, 5.41) is 14.2. The number of rotatable bonds is 6. The molecule has 13 heteroatoms. The number of likely N-dealkylation sites (tertiary alicyclic amines) is 2. The number of hydrogen-bond acceptors (Lipinski definition) is 5. The predicted octanol–water partition coefficient (Wildman–Crippen LogP) is 3.79. The minimum Gasteiger partial charge on any atom is -0.475 e. The normalized spacial score (nSPS) is 22.5. The van der Waals surface area contributed by atoms with Crippen molar-refractivity contribution in [1.29, 1.82) is 0 Å². The Morgan fingerprint density at radius 2 is 1.50 bits per heavy atom. The lowest BCUT2D eigenvalue weighted by atomic mass is 9.77. The van der Waals surface area contributed by atoms with Crippen LogP contribution in [0.5, 0.6) is 0 Å². The van der Waals surface area contributed by atoms with Gasteiger partial charge in [-0.1, -0.05) is 37.3 Å². The van der Waals surface area contributed by atoms with Crippen LogP contribution in [0.1, 0.15) is 18.9 Å². The fourth-order valence-electron chi connectivity index (χ4n) is 4.39. The lowest BCUT2D eigenvalue weighted by Gasteiger charge is -2.30. The lowest BCUT2D eigenvalue weighted by molar-refractivity contribution is -0.193. The van der Waals surface area contributed by atoms with Gasteiger partial charge in [0.15, 0.2) is 0 Å². The van der Waals surface area contributed by atoms with Gasteiger partial charge in [0.1, 0.15) is 0 Å². The molecule has 7 nitrogen and oxygen atoms in total. The molecule has 2 aliphatic rings. The van der Waals surface area contributed by atoms with Crippen molar-refractivity contribution < 1.29 is 50.9 Å². The van der Waals surface area contributed by atoms with E-state index in [0.29, 0.717) is 11.3 Å². The van der Waals surface area contributed by atoms with Crippen molar-refractivity contribution in [3.05, 3.63) is 35.9 Å².